The number of aryl methyl sites for hydroxylation is 1. The van der Waals surface area contributed by atoms with E-state index in [9.17, 15) is 13.2 Å². The van der Waals surface area contributed by atoms with Gasteiger partial charge in [-0.25, -0.2) is 13.6 Å². The van der Waals surface area contributed by atoms with Crippen LogP contribution in [0.3, 0.4) is 0 Å². The summed E-state index contributed by atoms with van der Waals surface area (Å²) in [7, 11) is -3.72. The van der Waals surface area contributed by atoms with Gasteiger partial charge in [0.05, 0.1) is 10.6 Å². The molecule has 0 spiro atoms. The number of sulfonamides is 1. The van der Waals surface area contributed by atoms with E-state index in [4.69, 9.17) is 5.14 Å². The van der Waals surface area contributed by atoms with E-state index < -0.39 is 10.0 Å². The Hall–Kier alpha value is -1.83. The molecule has 7 heteroatoms. The second kappa shape index (κ2) is 6.58. The fraction of sp³-hybridized carbons (Fsp3) is 0.235. The zero-order valence-corrected chi connectivity index (χ0v) is 14.9. The van der Waals surface area contributed by atoms with Crippen LogP contribution in [-0.4, -0.2) is 26.6 Å². The first-order valence-corrected chi connectivity index (χ1v) is 10.0. The second-order valence-electron chi connectivity index (χ2n) is 5.73. The van der Waals surface area contributed by atoms with Crippen LogP contribution in [0, 0.1) is 6.92 Å². The SMILES string of the molecule is Cc1ccc(SCC(=O)N2CCc3cc(S(N)(=O)=O)ccc32)cc1. The van der Waals surface area contributed by atoms with E-state index >= 15 is 0 Å². The van der Waals surface area contributed by atoms with Crippen molar-refractivity contribution in [1.29, 1.82) is 0 Å². The van der Waals surface area contributed by atoms with Gasteiger partial charge in [-0.05, 0) is 49.2 Å². The summed E-state index contributed by atoms with van der Waals surface area (Å²) in [5.74, 6) is 0.363. The van der Waals surface area contributed by atoms with Crippen molar-refractivity contribution in [3.63, 3.8) is 0 Å². The first-order valence-electron chi connectivity index (χ1n) is 7.50. The average Bonchev–Trinajstić information content (AvgIpc) is 2.96. The highest BCUT2D eigenvalue weighted by Crippen LogP contribution is 2.31. The lowest BCUT2D eigenvalue weighted by Crippen LogP contribution is -2.30. The number of carbonyl (C=O) groups is 1. The van der Waals surface area contributed by atoms with E-state index in [0.29, 0.717) is 18.7 Å². The molecule has 1 heterocycles. The van der Waals surface area contributed by atoms with Gasteiger partial charge in [0.25, 0.3) is 0 Å². The van der Waals surface area contributed by atoms with E-state index in [0.717, 1.165) is 16.1 Å². The highest BCUT2D eigenvalue weighted by Gasteiger charge is 2.25. The molecule has 2 aromatic rings. The van der Waals surface area contributed by atoms with Gasteiger partial charge in [-0.1, -0.05) is 17.7 Å². The zero-order chi connectivity index (χ0) is 17.3. The number of benzene rings is 2. The van der Waals surface area contributed by atoms with Crippen LogP contribution in [-0.2, 0) is 21.2 Å². The monoisotopic (exact) mass is 362 g/mol. The Labute approximate surface area is 145 Å². The molecule has 1 aliphatic heterocycles. The normalized spacial score (nSPS) is 13.8. The summed E-state index contributed by atoms with van der Waals surface area (Å²) >= 11 is 1.50. The summed E-state index contributed by atoms with van der Waals surface area (Å²) in [6, 6.07) is 12.7. The van der Waals surface area contributed by atoms with Gasteiger partial charge in [0.2, 0.25) is 15.9 Å². The molecule has 0 atom stereocenters. The number of thioether (sulfide) groups is 1. The number of anilines is 1. The maximum atomic E-state index is 12.5. The van der Waals surface area contributed by atoms with Crippen LogP contribution in [0.5, 0.6) is 0 Å². The molecule has 0 fully saturated rings. The van der Waals surface area contributed by atoms with Crippen LogP contribution in [0.2, 0.25) is 0 Å². The highest BCUT2D eigenvalue weighted by molar-refractivity contribution is 8.00. The third-order valence-electron chi connectivity index (χ3n) is 3.96. The van der Waals surface area contributed by atoms with Crippen LogP contribution in [0.1, 0.15) is 11.1 Å². The van der Waals surface area contributed by atoms with Gasteiger partial charge in [0.1, 0.15) is 0 Å². The van der Waals surface area contributed by atoms with Gasteiger partial charge in [-0.3, -0.25) is 4.79 Å². The number of hydrogen-bond acceptors (Lipinski definition) is 4. The predicted octanol–water partition coefficient (Wildman–Crippen LogP) is 2.32. The van der Waals surface area contributed by atoms with Crippen LogP contribution < -0.4 is 10.0 Å². The van der Waals surface area contributed by atoms with Gasteiger partial charge in [0, 0.05) is 17.1 Å². The van der Waals surface area contributed by atoms with Crippen molar-refractivity contribution in [3.8, 4) is 0 Å². The molecule has 0 saturated carbocycles. The molecule has 24 heavy (non-hydrogen) atoms. The van der Waals surface area contributed by atoms with Gasteiger partial charge in [-0.2, -0.15) is 0 Å². The molecule has 2 N–H and O–H groups in total. The van der Waals surface area contributed by atoms with E-state index in [2.05, 4.69) is 0 Å². The van der Waals surface area contributed by atoms with Crippen molar-refractivity contribution in [2.45, 2.75) is 23.1 Å². The lowest BCUT2D eigenvalue weighted by atomic mass is 10.2. The summed E-state index contributed by atoms with van der Waals surface area (Å²) in [5, 5.41) is 5.16. The molecule has 0 bridgehead atoms. The number of primary sulfonamides is 1. The van der Waals surface area contributed by atoms with Gasteiger partial charge < -0.3 is 4.90 Å². The number of fused-ring (bicyclic) bond motifs is 1. The first-order chi connectivity index (χ1) is 11.3. The zero-order valence-electron chi connectivity index (χ0n) is 13.2. The predicted molar refractivity (Wildman–Crippen MR) is 95.8 cm³/mol. The van der Waals surface area contributed by atoms with Crippen LogP contribution >= 0.6 is 11.8 Å². The molecule has 0 aromatic heterocycles. The minimum absolute atomic E-state index is 0.0164. The van der Waals surface area contributed by atoms with Gasteiger partial charge in [-0.15, -0.1) is 11.8 Å². The molecule has 1 amide bonds. The van der Waals surface area contributed by atoms with E-state index in [1.807, 2.05) is 31.2 Å². The molecule has 3 rings (SSSR count). The second-order valence-corrected chi connectivity index (χ2v) is 8.34. The minimum Gasteiger partial charge on any atom is -0.311 e. The number of carbonyl (C=O) groups excluding carboxylic acids is 1. The van der Waals surface area contributed by atoms with Crippen molar-refractivity contribution >= 4 is 33.4 Å². The first kappa shape index (κ1) is 17.0. The number of rotatable bonds is 4. The quantitative estimate of drug-likeness (QED) is 0.847. The lowest BCUT2D eigenvalue weighted by Gasteiger charge is -2.17. The van der Waals surface area contributed by atoms with E-state index in [1.165, 1.54) is 23.4 Å². The molecule has 0 aliphatic carbocycles. The van der Waals surface area contributed by atoms with Crippen molar-refractivity contribution in [2.24, 2.45) is 5.14 Å². The Kier molecular flexibility index (Phi) is 4.67. The summed E-state index contributed by atoms with van der Waals surface area (Å²) < 4.78 is 22.9. The highest BCUT2D eigenvalue weighted by atomic mass is 32.2. The van der Waals surface area contributed by atoms with E-state index in [-0.39, 0.29) is 10.8 Å². The van der Waals surface area contributed by atoms with Gasteiger partial charge in [0.15, 0.2) is 0 Å². The lowest BCUT2D eigenvalue weighted by molar-refractivity contribution is -0.116. The topological polar surface area (TPSA) is 80.5 Å². The summed E-state index contributed by atoms with van der Waals surface area (Å²) in [5.41, 5.74) is 2.80. The summed E-state index contributed by atoms with van der Waals surface area (Å²) in [6.45, 7) is 2.59. The largest absolute Gasteiger partial charge is 0.311 e. The number of nitrogens with two attached hydrogens (primary N) is 1. The number of hydrogen-bond donors (Lipinski definition) is 1. The number of nitrogens with zero attached hydrogens (tertiary/aromatic N) is 1. The molecular formula is C17H18N2O3S2. The fourth-order valence-electron chi connectivity index (χ4n) is 2.67. The molecule has 1 aliphatic rings. The Morgan fingerprint density at radius 1 is 1.21 bits per heavy atom. The molecule has 0 unspecified atom stereocenters. The third-order valence-corrected chi connectivity index (χ3v) is 5.87. The van der Waals surface area contributed by atoms with Crippen LogP contribution in [0.25, 0.3) is 0 Å². The Balaban J connectivity index is 1.71. The van der Waals surface area contributed by atoms with E-state index in [1.54, 1.807) is 17.0 Å². The van der Waals surface area contributed by atoms with Crippen LogP contribution in [0.4, 0.5) is 5.69 Å². The Morgan fingerprint density at radius 3 is 2.58 bits per heavy atom. The van der Waals surface area contributed by atoms with Crippen molar-refractivity contribution in [1.82, 2.24) is 0 Å². The van der Waals surface area contributed by atoms with Crippen molar-refractivity contribution in [3.05, 3.63) is 53.6 Å². The third kappa shape index (κ3) is 3.63. The Morgan fingerprint density at radius 2 is 1.92 bits per heavy atom. The van der Waals surface area contributed by atoms with Crippen LogP contribution in [0.15, 0.2) is 52.3 Å². The smallest absolute Gasteiger partial charge is 0.238 e. The molecule has 0 saturated heterocycles. The standard InChI is InChI=1S/C17H18N2O3S2/c1-12-2-4-14(5-3-12)23-11-17(20)19-9-8-13-10-15(24(18,21)22)6-7-16(13)19/h2-7,10H,8-9,11H2,1H3,(H2,18,21,22). The summed E-state index contributed by atoms with van der Waals surface area (Å²) in [6.07, 6.45) is 0.639. The average molecular weight is 362 g/mol. The molecule has 5 nitrogen and oxygen atoms in total. The summed E-state index contributed by atoms with van der Waals surface area (Å²) in [4.78, 5) is 15.3. The molecule has 126 valence electrons. The number of amides is 1. The molecular weight excluding hydrogens is 344 g/mol. The molecule has 2 aromatic carbocycles. The van der Waals surface area contributed by atoms with Crippen molar-refractivity contribution < 1.29 is 13.2 Å². The maximum absolute atomic E-state index is 12.5. The van der Waals surface area contributed by atoms with Gasteiger partial charge >= 0.3 is 0 Å². The minimum atomic E-state index is -3.72. The molecule has 0 radical (unpaired) electrons. The maximum Gasteiger partial charge on any atom is 0.238 e. The Bertz CT molecular complexity index is 877. The fourth-order valence-corrected chi connectivity index (χ4v) is 4.01. The van der Waals surface area contributed by atoms with Crippen molar-refractivity contribution in [2.75, 3.05) is 17.2 Å².